The molecule has 1 amide bonds. The molecule has 2 aliphatic rings. The topological polar surface area (TPSA) is 142 Å². The second kappa shape index (κ2) is 18.0. The number of anilines is 2. The SMILES string of the molecule is Cc1sc2c(c1C)C(c1ccc(Cl)cc1)=N[C@@H](CC(=O)Nc1ccc(OCCOCCOCCNc3ncccc3-c3ccc4c(c3)CC(=O)C4)cc1)c1nnc(C)n1-2. The summed E-state index contributed by atoms with van der Waals surface area (Å²) < 4.78 is 19.4. The zero-order valence-electron chi connectivity index (χ0n) is 33.1. The van der Waals surface area contributed by atoms with Crippen LogP contribution in [0.25, 0.3) is 16.1 Å². The van der Waals surface area contributed by atoms with Gasteiger partial charge in [0, 0.05) is 57.9 Å². The number of halogens is 1. The van der Waals surface area contributed by atoms with Crippen molar-refractivity contribution in [1.82, 2.24) is 19.7 Å². The molecule has 0 unspecified atom stereocenters. The smallest absolute Gasteiger partial charge is 0.227 e. The van der Waals surface area contributed by atoms with E-state index in [9.17, 15) is 9.59 Å². The van der Waals surface area contributed by atoms with Gasteiger partial charge in [0.2, 0.25) is 5.91 Å². The molecule has 3 aromatic carbocycles. The Morgan fingerprint density at radius 3 is 2.44 bits per heavy atom. The fourth-order valence-corrected chi connectivity index (χ4v) is 8.67. The highest BCUT2D eigenvalue weighted by Crippen LogP contribution is 2.40. The maximum atomic E-state index is 13.5. The lowest BCUT2D eigenvalue weighted by Gasteiger charge is -2.13. The second-order valence-electron chi connectivity index (χ2n) is 14.5. The first-order valence-corrected chi connectivity index (χ1v) is 20.8. The first-order valence-electron chi connectivity index (χ1n) is 19.6. The molecule has 0 saturated heterocycles. The lowest BCUT2D eigenvalue weighted by Crippen LogP contribution is -2.17. The van der Waals surface area contributed by atoms with Crippen LogP contribution >= 0.6 is 22.9 Å². The molecule has 3 aromatic heterocycles. The summed E-state index contributed by atoms with van der Waals surface area (Å²) in [6, 6.07) is 24.4. The average molecular weight is 830 g/mol. The highest BCUT2D eigenvalue weighted by molar-refractivity contribution is 7.15. The molecule has 0 spiro atoms. The Hall–Kier alpha value is -5.73. The zero-order valence-corrected chi connectivity index (χ0v) is 34.7. The van der Waals surface area contributed by atoms with E-state index in [4.69, 9.17) is 30.8 Å². The number of carbonyl (C=O) groups excluding carboxylic acids is 2. The number of nitrogens with zero attached hydrogens (tertiary/aromatic N) is 5. The lowest BCUT2D eigenvalue weighted by atomic mass is 9.99. The van der Waals surface area contributed by atoms with E-state index in [1.165, 1.54) is 4.88 Å². The van der Waals surface area contributed by atoms with Crippen LogP contribution in [0.5, 0.6) is 5.75 Å². The molecule has 14 heteroatoms. The number of aliphatic imine (C=N–C) groups is 1. The van der Waals surface area contributed by atoms with E-state index in [2.05, 4.69) is 51.8 Å². The summed E-state index contributed by atoms with van der Waals surface area (Å²) >= 11 is 7.91. The van der Waals surface area contributed by atoms with Crippen LogP contribution in [0, 0.1) is 20.8 Å². The van der Waals surface area contributed by atoms with Crippen molar-refractivity contribution in [1.29, 1.82) is 0 Å². The van der Waals surface area contributed by atoms with Gasteiger partial charge in [0.25, 0.3) is 0 Å². The van der Waals surface area contributed by atoms with E-state index < -0.39 is 6.04 Å². The summed E-state index contributed by atoms with van der Waals surface area (Å²) in [6.45, 7) is 8.86. The van der Waals surface area contributed by atoms with Gasteiger partial charge in [-0.15, -0.1) is 21.5 Å². The first-order chi connectivity index (χ1) is 28.7. The van der Waals surface area contributed by atoms with Crippen molar-refractivity contribution in [2.75, 3.05) is 50.2 Å². The minimum absolute atomic E-state index is 0.0730. The quantitative estimate of drug-likeness (QED) is 0.0927. The predicted octanol–water partition coefficient (Wildman–Crippen LogP) is 8.08. The number of amides is 1. The number of hydrogen-bond donors (Lipinski definition) is 2. The van der Waals surface area contributed by atoms with Crippen LogP contribution in [0.2, 0.25) is 5.02 Å². The number of nitrogens with one attached hydrogen (secondary N) is 2. The summed E-state index contributed by atoms with van der Waals surface area (Å²) in [5.74, 6) is 2.87. The van der Waals surface area contributed by atoms with Crippen LogP contribution in [0.4, 0.5) is 11.5 Å². The summed E-state index contributed by atoms with van der Waals surface area (Å²) in [5.41, 5.74) is 8.76. The summed E-state index contributed by atoms with van der Waals surface area (Å²) in [7, 11) is 0. The molecular formula is C45H44ClN7O5S. The number of hydrogen-bond acceptors (Lipinski definition) is 11. The van der Waals surface area contributed by atoms with Gasteiger partial charge < -0.3 is 24.8 Å². The monoisotopic (exact) mass is 829 g/mol. The van der Waals surface area contributed by atoms with E-state index in [1.54, 1.807) is 17.5 Å². The van der Waals surface area contributed by atoms with Gasteiger partial charge in [0.15, 0.2) is 5.82 Å². The number of Topliss-reactive ketones (excluding diaryl/α,β-unsaturated/α-hetero) is 1. The largest absolute Gasteiger partial charge is 0.491 e. The molecule has 12 nitrogen and oxygen atoms in total. The van der Waals surface area contributed by atoms with Gasteiger partial charge in [-0.2, -0.15) is 0 Å². The Labute approximate surface area is 351 Å². The van der Waals surface area contributed by atoms with Crippen molar-refractivity contribution in [3.63, 3.8) is 0 Å². The number of carbonyl (C=O) groups is 2. The number of benzene rings is 3. The van der Waals surface area contributed by atoms with Gasteiger partial charge in [-0.1, -0.05) is 41.9 Å². The molecule has 0 bridgehead atoms. The zero-order chi connectivity index (χ0) is 40.9. The van der Waals surface area contributed by atoms with Crippen LogP contribution in [-0.4, -0.2) is 76.7 Å². The van der Waals surface area contributed by atoms with Gasteiger partial charge in [0.1, 0.15) is 40.8 Å². The predicted molar refractivity (Wildman–Crippen MR) is 231 cm³/mol. The normalized spacial score (nSPS) is 14.3. The molecule has 1 aliphatic heterocycles. The number of thiophene rings is 1. The van der Waals surface area contributed by atoms with Crippen LogP contribution in [-0.2, 0) is 31.9 Å². The molecule has 2 N–H and O–H groups in total. The van der Waals surface area contributed by atoms with E-state index in [0.29, 0.717) is 74.7 Å². The van der Waals surface area contributed by atoms with Gasteiger partial charge in [-0.3, -0.25) is 19.1 Å². The fourth-order valence-electron chi connectivity index (χ4n) is 7.33. The van der Waals surface area contributed by atoms with Crippen molar-refractivity contribution in [2.24, 2.45) is 4.99 Å². The number of rotatable bonds is 16. The Balaban J connectivity index is 0.773. The molecule has 59 heavy (non-hydrogen) atoms. The summed E-state index contributed by atoms with van der Waals surface area (Å²) in [6.07, 6.45) is 2.86. The van der Waals surface area contributed by atoms with Crippen molar-refractivity contribution in [3.8, 4) is 21.9 Å². The van der Waals surface area contributed by atoms with Gasteiger partial charge in [-0.05, 0) is 91.6 Å². The third-order valence-electron chi connectivity index (χ3n) is 10.4. The molecule has 0 radical (unpaired) electrons. The molecule has 8 rings (SSSR count). The Kier molecular flexibility index (Phi) is 12.3. The number of ether oxygens (including phenoxy) is 3. The highest BCUT2D eigenvalue weighted by Gasteiger charge is 2.32. The maximum absolute atomic E-state index is 13.5. The van der Waals surface area contributed by atoms with Crippen LogP contribution in [0.3, 0.4) is 0 Å². The highest BCUT2D eigenvalue weighted by atomic mass is 35.5. The molecule has 6 aromatic rings. The number of aromatic nitrogens is 4. The van der Waals surface area contributed by atoms with Crippen LogP contribution in [0.15, 0.2) is 90.1 Å². The number of pyridine rings is 1. The molecule has 1 aliphatic carbocycles. The first kappa shape index (κ1) is 40.1. The van der Waals surface area contributed by atoms with Crippen LogP contribution < -0.4 is 15.4 Å². The fraction of sp³-hybridized carbons (Fsp3) is 0.289. The lowest BCUT2D eigenvalue weighted by molar-refractivity contribution is -0.117. The molecule has 0 fully saturated rings. The summed E-state index contributed by atoms with van der Waals surface area (Å²) in [5, 5.41) is 16.9. The Bertz CT molecular complexity index is 2520. The molecule has 302 valence electrons. The van der Waals surface area contributed by atoms with Gasteiger partial charge in [0.05, 0.1) is 38.6 Å². The van der Waals surface area contributed by atoms with Crippen molar-refractivity contribution >= 4 is 51.8 Å². The molecule has 1 atom stereocenters. The average Bonchev–Trinajstić information content (AvgIpc) is 3.87. The molecule has 0 saturated carbocycles. The van der Waals surface area contributed by atoms with Gasteiger partial charge >= 0.3 is 0 Å². The maximum Gasteiger partial charge on any atom is 0.227 e. The van der Waals surface area contributed by atoms with E-state index >= 15 is 0 Å². The minimum Gasteiger partial charge on any atom is -0.491 e. The number of ketones is 1. The van der Waals surface area contributed by atoms with Crippen molar-refractivity contribution in [2.45, 2.75) is 46.1 Å². The van der Waals surface area contributed by atoms with E-state index in [0.717, 1.165) is 61.3 Å². The number of aryl methyl sites for hydroxylation is 2. The van der Waals surface area contributed by atoms with E-state index in [-0.39, 0.29) is 18.1 Å². The third kappa shape index (κ3) is 9.13. The van der Waals surface area contributed by atoms with Crippen molar-refractivity contribution < 1.29 is 23.8 Å². The number of fused-ring (bicyclic) bond motifs is 4. The molecular weight excluding hydrogens is 786 g/mol. The molecule has 4 heterocycles. The van der Waals surface area contributed by atoms with Crippen molar-refractivity contribution in [3.05, 3.63) is 134 Å². The van der Waals surface area contributed by atoms with Crippen LogP contribution in [0.1, 0.15) is 56.8 Å². The summed E-state index contributed by atoms with van der Waals surface area (Å²) in [4.78, 5) is 36.3. The third-order valence-corrected chi connectivity index (χ3v) is 11.8. The van der Waals surface area contributed by atoms with Gasteiger partial charge in [-0.25, -0.2) is 4.98 Å². The Morgan fingerprint density at radius 1 is 0.881 bits per heavy atom. The standard InChI is InChI=1S/C45H44ClN7O5S/c1-27-28(2)59-45-41(27)42(30-8-10-34(46)11-9-30)50-39(44-52-51-29(3)53(44)45)26-40(55)49-35-12-14-37(15-13-35)58-22-21-57-20-19-56-18-17-48-43-38(5-4-16-47-43)32-7-6-31-24-36(54)25-33(31)23-32/h4-16,23,39H,17-22,24-26H2,1-3H3,(H,47,48)(H,49,55)/t39-/m0/s1. The Morgan fingerprint density at radius 2 is 1.63 bits per heavy atom. The van der Waals surface area contributed by atoms with E-state index in [1.807, 2.05) is 78.2 Å². The minimum atomic E-state index is -0.568. The second-order valence-corrected chi connectivity index (χ2v) is 16.1.